The van der Waals surface area contributed by atoms with Crippen LogP contribution in [0.1, 0.15) is 55.2 Å². The normalized spacial score (nSPS) is 19.9. The molecule has 1 aliphatic rings. The van der Waals surface area contributed by atoms with Crippen molar-refractivity contribution in [3.8, 4) is 5.75 Å². The largest absolute Gasteiger partial charge is 0.491 e. The van der Waals surface area contributed by atoms with Crippen LogP contribution in [0.15, 0.2) is 36.4 Å². The lowest BCUT2D eigenvalue weighted by atomic mass is 9.78. The third-order valence-corrected chi connectivity index (χ3v) is 5.38. The molecule has 2 aromatic rings. The van der Waals surface area contributed by atoms with E-state index < -0.39 is 11.6 Å². The first kappa shape index (κ1) is 20.5. The first-order valence-electron chi connectivity index (χ1n) is 9.71. The van der Waals surface area contributed by atoms with E-state index in [1.54, 1.807) is 31.2 Å². The Balaban J connectivity index is 1.62. The lowest BCUT2D eigenvalue weighted by molar-refractivity contribution is 0.281. The Morgan fingerprint density at radius 1 is 1.04 bits per heavy atom. The van der Waals surface area contributed by atoms with E-state index in [9.17, 15) is 13.2 Å². The Bertz CT molecular complexity index is 840. The maximum absolute atomic E-state index is 14.4. The van der Waals surface area contributed by atoms with Gasteiger partial charge in [-0.05, 0) is 67.7 Å². The standard InChI is InChI=1S/C23H25F3O2/c1-2-28-21-12-11-19(22(25)23(21)26)17-7-3-15(4-8-17)5-9-18-10-6-16(14-27)13-20(18)24/h5-6,9-13,15,17,27H,2-4,7-8,14H2,1H3/b9-5+. The molecule has 0 atom stereocenters. The number of benzene rings is 2. The van der Waals surface area contributed by atoms with Gasteiger partial charge in [0.2, 0.25) is 5.82 Å². The zero-order valence-electron chi connectivity index (χ0n) is 15.9. The molecule has 1 fully saturated rings. The Labute approximate surface area is 163 Å². The summed E-state index contributed by atoms with van der Waals surface area (Å²) in [5, 5.41) is 9.04. The molecule has 150 valence electrons. The van der Waals surface area contributed by atoms with Crippen molar-refractivity contribution in [2.45, 2.75) is 45.1 Å². The van der Waals surface area contributed by atoms with Crippen molar-refractivity contribution in [1.29, 1.82) is 0 Å². The lowest BCUT2D eigenvalue weighted by Crippen LogP contribution is -2.14. The molecule has 1 N–H and O–H groups in total. The van der Waals surface area contributed by atoms with Crippen LogP contribution in [0.2, 0.25) is 0 Å². The summed E-state index contributed by atoms with van der Waals surface area (Å²) in [5.41, 5.74) is 1.44. The topological polar surface area (TPSA) is 29.5 Å². The van der Waals surface area contributed by atoms with Crippen molar-refractivity contribution in [1.82, 2.24) is 0 Å². The lowest BCUT2D eigenvalue weighted by Gasteiger charge is -2.27. The average Bonchev–Trinajstić information content (AvgIpc) is 2.71. The van der Waals surface area contributed by atoms with E-state index in [1.807, 2.05) is 6.08 Å². The molecule has 0 spiro atoms. The summed E-state index contributed by atoms with van der Waals surface area (Å²) in [7, 11) is 0. The van der Waals surface area contributed by atoms with Crippen LogP contribution in [0, 0.1) is 23.4 Å². The number of hydrogen-bond donors (Lipinski definition) is 1. The van der Waals surface area contributed by atoms with Crippen molar-refractivity contribution in [2.75, 3.05) is 6.61 Å². The van der Waals surface area contributed by atoms with Gasteiger partial charge in [-0.25, -0.2) is 8.78 Å². The molecule has 2 aromatic carbocycles. The second-order valence-corrected chi connectivity index (χ2v) is 7.20. The summed E-state index contributed by atoms with van der Waals surface area (Å²) < 4.78 is 47.6. The van der Waals surface area contributed by atoms with Crippen LogP contribution in [-0.2, 0) is 6.61 Å². The van der Waals surface area contributed by atoms with Crippen LogP contribution in [0.5, 0.6) is 5.75 Å². The maximum Gasteiger partial charge on any atom is 0.200 e. The summed E-state index contributed by atoms with van der Waals surface area (Å²) in [6, 6.07) is 7.81. The van der Waals surface area contributed by atoms with Crippen molar-refractivity contribution in [3.63, 3.8) is 0 Å². The van der Waals surface area contributed by atoms with Gasteiger partial charge in [-0.2, -0.15) is 4.39 Å². The second-order valence-electron chi connectivity index (χ2n) is 7.20. The van der Waals surface area contributed by atoms with Gasteiger partial charge in [0.15, 0.2) is 11.6 Å². The number of allylic oxidation sites excluding steroid dienone is 1. The maximum atomic E-state index is 14.4. The van der Waals surface area contributed by atoms with Gasteiger partial charge in [0.25, 0.3) is 0 Å². The van der Waals surface area contributed by atoms with Gasteiger partial charge in [-0.3, -0.25) is 0 Å². The highest BCUT2D eigenvalue weighted by molar-refractivity contribution is 5.51. The molecule has 0 bridgehead atoms. The van der Waals surface area contributed by atoms with E-state index in [2.05, 4.69) is 0 Å². The van der Waals surface area contributed by atoms with Crippen LogP contribution in [0.25, 0.3) is 6.08 Å². The minimum atomic E-state index is -0.914. The summed E-state index contributed by atoms with van der Waals surface area (Å²) in [5.74, 6) is -1.86. The molecule has 0 saturated heterocycles. The van der Waals surface area contributed by atoms with Gasteiger partial charge < -0.3 is 9.84 Å². The van der Waals surface area contributed by atoms with Crippen LogP contribution >= 0.6 is 0 Å². The quantitative estimate of drug-likeness (QED) is 0.657. The zero-order chi connectivity index (χ0) is 20.1. The Morgan fingerprint density at radius 3 is 2.43 bits per heavy atom. The van der Waals surface area contributed by atoms with E-state index in [1.165, 1.54) is 12.1 Å². The minimum absolute atomic E-state index is 0.0181. The number of aliphatic hydroxyl groups is 1. The fourth-order valence-corrected chi connectivity index (χ4v) is 3.80. The van der Waals surface area contributed by atoms with Gasteiger partial charge >= 0.3 is 0 Å². The minimum Gasteiger partial charge on any atom is -0.491 e. The van der Waals surface area contributed by atoms with Crippen molar-refractivity contribution in [2.24, 2.45) is 5.92 Å². The van der Waals surface area contributed by atoms with E-state index in [4.69, 9.17) is 9.84 Å². The molecule has 5 heteroatoms. The highest BCUT2D eigenvalue weighted by atomic mass is 19.2. The van der Waals surface area contributed by atoms with Crippen LogP contribution in [0.4, 0.5) is 13.2 Å². The van der Waals surface area contributed by atoms with Crippen LogP contribution in [0.3, 0.4) is 0 Å². The van der Waals surface area contributed by atoms with E-state index >= 15 is 0 Å². The molecule has 2 nitrogen and oxygen atoms in total. The molecule has 0 radical (unpaired) electrons. The average molecular weight is 390 g/mol. The smallest absolute Gasteiger partial charge is 0.200 e. The first-order chi connectivity index (χ1) is 13.5. The van der Waals surface area contributed by atoms with Crippen molar-refractivity contribution in [3.05, 3.63) is 70.5 Å². The molecule has 0 aromatic heterocycles. The monoisotopic (exact) mass is 390 g/mol. The van der Waals surface area contributed by atoms with Gasteiger partial charge in [0.05, 0.1) is 13.2 Å². The summed E-state index contributed by atoms with van der Waals surface area (Å²) in [6.45, 7) is 1.83. The van der Waals surface area contributed by atoms with Gasteiger partial charge in [-0.1, -0.05) is 30.4 Å². The molecule has 0 heterocycles. The summed E-state index contributed by atoms with van der Waals surface area (Å²) in [4.78, 5) is 0. The van der Waals surface area contributed by atoms with E-state index in [-0.39, 0.29) is 36.6 Å². The third-order valence-electron chi connectivity index (χ3n) is 5.38. The molecule has 0 unspecified atom stereocenters. The summed E-state index contributed by atoms with van der Waals surface area (Å²) in [6.07, 6.45) is 6.94. The van der Waals surface area contributed by atoms with Crippen LogP contribution < -0.4 is 4.74 Å². The van der Waals surface area contributed by atoms with Gasteiger partial charge in [0, 0.05) is 5.56 Å². The van der Waals surface area contributed by atoms with Gasteiger partial charge in [0.1, 0.15) is 5.82 Å². The molecule has 1 saturated carbocycles. The van der Waals surface area contributed by atoms with Crippen LogP contribution in [-0.4, -0.2) is 11.7 Å². The predicted octanol–water partition coefficient (Wildman–Crippen LogP) is 5.98. The molecule has 3 rings (SSSR count). The predicted molar refractivity (Wildman–Crippen MR) is 104 cm³/mol. The number of rotatable bonds is 6. The second kappa shape index (κ2) is 9.28. The highest BCUT2D eigenvalue weighted by Gasteiger charge is 2.25. The SMILES string of the molecule is CCOc1ccc(C2CCC(/C=C/c3ccc(CO)cc3F)CC2)c(F)c1F. The molecule has 1 aliphatic carbocycles. The Kier molecular flexibility index (Phi) is 6.79. The van der Waals surface area contributed by atoms with Gasteiger partial charge in [-0.15, -0.1) is 0 Å². The number of halogens is 3. The molecule has 0 amide bonds. The van der Waals surface area contributed by atoms with E-state index in [0.717, 1.165) is 25.7 Å². The molecular formula is C23H25F3O2. The Morgan fingerprint density at radius 2 is 1.79 bits per heavy atom. The van der Waals surface area contributed by atoms with E-state index in [0.29, 0.717) is 16.7 Å². The number of hydrogen-bond acceptors (Lipinski definition) is 2. The van der Waals surface area contributed by atoms with Crippen molar-refractivity contribution >= 4 is 6.08 Å². The molecular weight excluding hydrogens is 365 g/mol. The highest BCUT2D eigenvalue weighted by Crippen LogP contribution is 2.39. The first-order valence-corrected chi connectivity index (χ1v) is 9.71. The fourth-order valence-electron chi connectivity index (χ4n) is 3.80. The fraction of sp³-hybridized carbons (Fsp3) is 0.391. The number of ether oxygens (including phenoxy) is 1. The van der Waals surface area contributed by atoms with Crippen molar-refractivity contribution < 1.29 is 23.0 Å². The summed E-state index contributed by atoms with van der Waals surface area (Å²) >= 11 is 0. The Hall–Kier alpha value is -2.27. The molecule has 28 heavy (non-hydrogen) atoms. The number of aliphatic hydroxyl groups excluding tert-OH is 1. The zero-order valence-corrected chi connectivity index (χ0v) is 15.9. The third kappa shape index (κ3) is 4.58. The molecule has 0 aliphatic heterocycles.